The number of hydrogen-bond donors (Lipinski definition) is 2. The zero-order chi connectivity index (χ0) is 15.1. The molecule has 1 aliphatic heterocycles. The van der Waals surface area contributed by atoms with E-state index in [1.165, 1.54) is 0 Å². The highest BCUT2D eigenvalue weighted by Gasteiger charge is 2.22. The van der Waals surface area contributed by atoms with Gasteiger partial charge in [-0.25, -0.2) is 0 Å². The summed E-state index contributed by atoms with van der Waals surface area (Å²) in [6.45, 7) is 3.17. The van der Waals surface area contributed by atoms with Gasteiger partial charge in [0.2, 0.25) is 5.91 Å². The van der Waals surface area contributed by atoms with Crippen LogP contribution in [0.1, 0.15) is 18.4 Å². The molecule has 0 radical (unpaired) electrons. The molecule has 0 unspecified atom stereocenters. The normalized spacial score (nSPS) is 18.0. The summed E-state index contributed by atoms with van der Waals surface area (Å²) in [4.78, 5) is 14.0. The lowest BCUT2D eigenvalue weighted by Gasteiger charge is -2.12. The lowest BCUT2D eigenvalue weighted by Crippen LogP contribution is -2.33. The summed E-state index contributed by atoms with van der Waals surface area (Å²) in [7, 11) is 4.11. The van der Waals surface area contributed by atoms with Crippen molar-refractivity contribution in [2.24, 2.45) is 0 Å². The molecule has 1 aliphatic rings. The number of carbonyl (C=O) groups excluding carboxylic acids is 1. The Morgan fingerprint density at radius 1 is 1.33 bits per heavy atom. The second-order valence-electron chi connectivity index (χ2n) is 5.65. The van der Waals surface area contributed by atoms with Crippen LogP contribution in [0.3, 0.4) is 0 Å². The third-order valence-corrected chi connectivity index (χ3v) is 3.53. The van der Waals surface area contributed by atoms with E-state index >= 15 is 0 Å². The van der Waals surface area contributed by atoms with Gasteiger partial charge >= 0.3 is 0 Å². The van der Waals surface area contributed by atoms with Crippen LogP contribution in [0.2, 0.25) is 0 Å². The van der Waals surface area contributed by atoms with Gasteiger partial charge in [0, 0.05) is 31.9 Å². The molecular weight excluding hydrogens is 266 g/mol. The van der Waals surface area contributed by atoms with Crippen molar-refractivity contribution in [3.63, 3.8) is 0 Å². The van der Waals surface area contributed by atoms with Crippen LogP contribution in [0.5, 0.6) is 0 Å². The summed E-state index contributed by atoms with van der Waals surface area (Å²) >= 11 is 0. The number of rotatable bonds is 7. The molecule has 21 heavy (non-hydrogen) atoms. The van der Waals surface area contributed by atoms with E-state index in [-0.39, 0.29) is 12.0 Å². The number of nitrogens with one attached hydrogen (secondary N) is 2. The molecule has 0 aliphatic carbocycles. The number of likely N-dealkylation sites (N-methyl/N-ethyl adjacent to an activating group) is 1. The average Bonchev–Trinajstić information content (AvgIpc) is 3.00. The van der Waals surface area contributed by atoms with Gasteiger partial charge in [-0.15, -0.1) is 0 Å². The Kier molecular flexibility index (Phi) is 6.02. The maximum Gasteiger partial charge on any atom is 0.249 e. The Balaban J connectivity index is 1.72. The first kappa shape index (κ1) is 15.8. The number of hydrogen-bond acceptors (Lipinski definition) is 4. The van der Waals surface area contributed by atoms with Gasteiger partial charge in [0.15, 0.2) is 0 Å². The van der Waals surface area contributed by atoms with Crippen LogP contribution in [-0.4, -0.2) is 50.7 Å². The highest BCUT2D eigenvalue weighted by molar-refractivity contribution is 5.80. The third-order valence-electron chi connectivity index (χ3n) is 3.53. The maximum atomic E-state index is 11.8. The quantitative estimate of drug-likeness (QED) is 0.798. The van der Waals surface area contributed by atoms with Gasteiger partial charge in [0.25, 0.3) is 0 Å². The van der Waals surface area contributed by atoms with Crippen molar-refractivity contribution < 1.29 is 9.53 Å². The van der Waals surface area contributed by atoms with Gasteiger partial charge in [0.1, 0.15) is 6.10 Å². The summed E-state index contributed by atoms with van der Waals surface area (Å²) in [5.74, 6) is 0.000634. The highest BCUT2D eigenvalue weighted by Crippen LogP contribution is 2.13. The monoisotopic (exact) mass is 291 g/mol. The minimum atomic E-state index is -0.253. The number of nitrogens with zero attached hydrogens (tertiary/aromatic N) is 1. The number of carbonyl (C=O) groups is 1. The van der Waals surface area contributed by atoms with Crippen molar-refractivity contribution in [3.05, 3.63) is 29.8 Å². The number of amides is 1. The van der Waals surface area contributed by atoms with E-state index in [9.17, 15) is 4.79 Å². The van der Waals surface area contributed by atoms with Gasteiger partial charge in [-0.2, -0.15) is 0 Å². The van der Waals surface area contributed by atoms with Crippen molar-refractivity contribution in [1.82, 2.24) is 10.2 Å². The van der Waals surface area contributed by atoms with Crippen molar-refractivity contribution in [2.45, 2.75) is 25.5 Å². The second-order valence-corrected chi connectivity index (χ2v) is 5.65. The first-order chi connectivity index (χ1) is 10.1. The van der Waals surface area contributed by atoms with Gasteiger partial charge < -0.3 is 20.3 Å². The van der Waals surface area contributed by atoms with Crippen molar-refractivity contribution in [2.75, 3.05) is 39.1 Å². The summed E-state index contributed by atoms with van der Waals surface area (Å²) < 4.78 is 5.36. The summed E-state index contributed by atoms with van der Waals surface area (Å²) in [5.41, 5.74) is 2.20. The van der Waals surface area contributed by atoms with Crippen LogP contribution >= 0.6 is 0 Å². The topological polar surface area (TPSA) is 53.6 Å². The molecular formula is C16H25N3O2. The molecule has 1 aromatic rings. The van der Waals surface area contributed by atoms with Crippen LogP contribution in [0.15, 0.2) is 24.3 Å². The van der Waals surface area contributed by atoms with E-state index < -0.39 is 0 Å². The molecule has 0 aromatic heterocycles. The largest absolute Gasteiger partial charge is 0.384 e. The molecule has 0 spiro atoms. The van der Waals surface area contributed by atoms with Gasteiger partial charge in [0.05, 0.1) is 0 Å². The highest BCUT2D eigenvalue weighted by atomic mass is 16.5. The number of ether oxygens (including phenoxy) is 1. The molecule has 1 amide bonds. The second kappa shape index (κ2) is 8.00. The fraction of sp³-hybridized carbons (Fsp3) is 0.562. The maximum absolute atomic E-state index is 11.8. The van der Waals surface area contributed by atoms with Crippen LogP contribution in [0.4, 0.5) is 5.69 Å². The van der Waals surface area contributed by atoms with E-state index in [2.05, 4.69) is 29.6 Å². The third kappa shape index (κ3) is 5.36. The first-order valence-corrected chi connectivity index (χ1v) is 7.52. The molecule has 1 saturated heterocycles. The van der Waals surface area contributed by atoms with Crippen LogP contribution in [-0.2, 0) is 16.1 Å². The zero-order valence-corrected chi connectivity index (χ0v) is 12.9. The molecule has 1 atom stereocenters. The molecule has 5 heteroatoms. The predicted octanol–water partition coefficient (Wildman–Crippen LogP) is 1.46. The lowest BCUT2D eigenvalue weighted by atomic mass is 10.2. The van der Waals surface area contributed by atoms with Crippen molar-refractivity contribution >= 4 is 11.6 Å². The number of anilines is 1. The zero-order valence-electron chi connectivity index (χ0n) is 12.9. The lowest BCUT2D eigenvalue weighted by molar-refractivity contribution is -0.130. The van der Waals surface area contributed by atoms with E-state index in [4.69, 9.17) is 4.74 Å². The van der Waals surface area contributed by atoms with Crippen molar-refractivity contribution in [1.29, 1.82) is 0 Å². The van der Waals surface area contributed by atoms with Gasteiger partial charge in [-0.1, -0.05) is 12.1 Å². The van der Waals surface area contributed by atoms with E-state index in [1.807, 2.05) is 24.3 Å². The molecule has 1 aromatic carbocycles. The molecule has 1 fully saturated rings. The van der Waals surface area contributed by atoms with Gasteiger partial charge in [-0.3, -0.25) is 4.79 Å². The average molecular weight is 291 g/mol. The minimum Gasteiger partial charge on any atom is -0.384 e. The molecule has 0 bridgehead atoms. The SMILES string of the molecule is CN(C)CCNc1ccc(CNC(=O)[C@@H]2CCCO2)cc1. The van der Waals surface area contributed by atoms with Crippen LogP contribution in [0.25, 0.3) is 0 Å². The molecule has 116 valence electrons. The first-order valence-electron chi connectivity index (χ1n) is 7.52. The Labute approximate surface area is 126 Å². The Bertz CT molecular complexity index is 439. The molecule has 1 heterocycles. The van der Waals surface area contributed by atoms with E-state index in [0.717, 1.165) is 37.2 Å². The Morgan fingerprint density at radius 2 is 2.10 bits per heavy atom. The Hall–Kier alpha value is -1.59. The standard InChI is InChI=1S/C16H25N3O2/c1-19(2)10-9-17-14-7-5-13(6-8-14)12-18-16(20)15-4-3-11-21-15/h5-8,15,17H,3-4,9-12H2,1-2H3,(H,18,20)/t15-/m0/s1. The van der Waals surface area contributed by atoms with E-state index in [1.54, 1.807) is 0 Å². The fourth-order valence-electron chi connectivity index (χ4n) is 2.25. The van der Waals surface area contributed by atoms with Gasteiger partial charge in [-0.05, 0) is 44.6 Å². The smallest absolute Gasteiger partial charge is 0.249 e. The summed E-state index contributed by atoms with van der Waals surface area (Å²) in [5, 5.41) is 6.29. The van der Waals surface area contributed by atoms with Crippen LogP contribution < -0.4 is 10.6 Å². The molecule has 2 rings (SSSR count). The predicted molar refractivity (Wildman–Crippen MR) is 84.3 cm³/mol. The van der Waals surface area contributed by atoms with E-state index in [0.29, 0.717) is 13.2 Å². The molecule has 2 N–H and O–H groups in total. The number of benzene rings is 1. The summed E-state index contributed by atoms with van der Waals surface area (Å²) in [6, 6.07) is 8.16. The van der Waals surface area contributed by atoms with Crippen LogP contribution in [0, 0.1) is 0 Å². The molecule has 0 saturated carbocycles. The molecule has 5 nitrogen and oxygen atoms in total. The Morgan fingerprint density at radius 3 is 2.71 bits per heavy atom. The fourth-order valence-corrected chi connectivity index (χ4v) is 2.25. The summed E-state index contributed by atoms with van der Waals surface area (Å²) in [6.07, 6.45) is 1.56. The van der Waals surface area contributed by atoms with Crippen molar-refractivity contribution in [3.8, 4) is 0 Å². The minimum absolute atomic E-state index is 0.000634.